The fourth-order valence-electron chi connectivity index (χ4n) is 2.75. The summed E-state index contributed by atoms with van der Waals surface area (Å²) in [6, 6.07) is 18.8. The van der Waals surface area contributed by atoms with Crippen molar-refractivity contribution in [1.29, 1.82) is 0 Å². The minimum absolute atomic E-state index is 0.195. The maximum Gasteiger partial charge on any atom is 0.267 e. The van der Waals surface area contributed by atoms with E-state index in [-0.39, 0.29) is 17.5 Å². The van der Waals surface area contributed by atoms with E-state index in [4.69, 9.17) is 4.74 Å². The maximum atomic E-state index is 12.7. The Bertz CT molecular complexity index is 1020. The van der Waals surface area contributed by atoms with Gasteiger partial charge in [0.25, 0.3) is 11.8 Å². The van der Waals surface area contributed by atoms with Gasteiger partial charge in [0.2, 0.25) is 0 Å². The van der Waals surface area contributed by atoms with Crippen LogP contribution in [-0.2, 0) is 4.79 Å². The van der Waals surface area contributed by atoms with Gasteiger partial charge in [0.05, 0.1) is 6.54 Å². The molecule has 0 unspecified atom stereocenters. The van der Waals surface area contributed by atoms with Crippen molar-refractivity contribution >= 4 is 29.2 Å². The van der Waals surface area contributed by atoms with Crippen LogP contribution in [0.3, 0.4) is 0 Å². The van der Waals surface area contributed by atoms with Gasteiger partial charge in [-0.25, -0.2) is 0 Å². The smallest absolute Gasteiger partial charge is 0.267 e. The molecule has 3 aromatic rings. The molecular formula is C24H24N2O3S. The molecule has 30 heavy (non-hydrogen) atoms. The van der Waals surface area contributed by atoms with Gasteiger partial charge in [-0.15, -0.1) is 11.3 Å². The standard InChI is InChI=1S/C24H24N2O3S/c1-17-9-11-19(12-10-17)29-14-13-25-24(28)22(16-20-7-5-15-30-20)26-23(27)21-8-4-3-6-18(21)2/h3-12,15-16H,13-14H2,1-2H3,(H,25,28)(H,26,27)/b22-16-. The molecule has 0 atom stereocenters. The number of carbonyl (C=O) groups excluding carboxylic acids is 2. The highest BCUT2D eigenvalue weighted by Crippen LogP contribution is 2.14. The fourth-order valence-corrected chi connectivity index (χ4v) is 3.41. The third kappa shape index (κ3) is 6.06. The second kappa shape index (κ2) is 10.4. The van der Waals surface area contributed by atoms with Crippen LogP contribution in [-0.4, -0.2) is 25.0 Å². The lowest BCUT2D eigenvalue weighted by Gasteiger charge is -2.12. The first-order valence-corrected chi connectivity index (χ1v) is 10.5. The van der Waals surface area contributed by atoms with E-state index >= 15 is 0 Å². The SMILES string of the molecule is Cc1ccc(OCCNC(=O)/C(=C/c2cccs2)NC(=O)c2ccccc2C)cc1. The molecule has 5 nitrogen and oxygen atoms in total. The summed E-state index contributed by atoms with van der Waals surface area (Å²) in [5.74, 6) is 0.0665. The molecule has 1 aromatic heterocycles. The summed E-state index contributed by atoms with van der Waals surface area (Å²) in [6.45, 7) is 4.51. The van der Waals surface area contributed by atoms with Crippen LogP contribution in [0.25, 0.3) is 6.08 Å². The average Bonchev–Trinajstić information content (AvgIpc) is 3.25. The normalized spacial score (nSPS) is 11.1. The van der Waals surface area contributed by atoms with Crippen molar-refractivity contribution in [2.75, 3.05) is 13.2 Å². The highest BCUT2D eigenvalue weighted by molar-refractivity contribution is 7.10. The van der Waals surface area contributed by atoms with Crippen LogP contribution < -0.4 is 15.4 Å². The van der Waals surface area contributed by atoms with E-state index in [1.54, 1.807) is 18.2 Å². The first kappa shape index (κ1) is 21.3. The summed E-state index contributed by atoms with van der Waals surface area (Å²) < 4.78 is 5.64. The van der Waals surface area contributed by atoms with Gasteiger partial charge in [0.1, 0.15) is 18.1 Å². The molecule has 0 saturated heterocycles. The molecule has 2 N–H and O–H groups in total. The summed E-state index contributed by atoms with van der Waals surface area (Å²) in [5, 5.41) is 7.48. The monoisotopic (exact) mass is 420 g/mol. The molecule has 0 spiro atoms. The summed E-state index contributed by atoms with van der Waals surface area (Å²) in [5.41, 5.74) is 2.73. The van der Waals surface area contributed by atoms with Crippen molar-refractivity contribution in [2.24, 2.45) is 0 Å². The predicted octanol–water partition coefficient (Wildman–Crippen LogP) is 4.33. The molecule has 0 radical (unpaired) electrons. The van der Waals surface area contributed by atoms with E-state index in [0.29, 0.717) is 18.7 Å². The Hall–Kier alpha value is -3.38. The Labute approximate surface area is 180 Å². The highest BCUT2D eigenvalue weighted by atomic mass is 32.1. The molecule has 0 fully saturated rings. The highest BCUT2D eigenvalue weighted by Gasteiger charge is 2.16. The van der Waals surface area contributed by atoms with E-state index in [0.717, 1.165) is 21.8 Å². The molecule has 2 aromatic carbocycles. The minimum atomic E-state index is -0.363. The largest absolute Gasteiger partial charge is 0.492 e. The average molecular weight is 421 g/mol. The zero-order valence-corrected chi connectivity index (χ0v) is 17.8. The lowest BCUT2D eigenvalue weighted by molar-refractivity contribution is -0.117. The van der Waals surface area contributed by atoms with Crippen LogP contribution in [0.5, 0.6) is 5.75 Å². The first-order chi connectivity index (χ1) is 14.5. The number of benzene rings is 2. The Morgan fingerprint density at radius 3 is 2.47 bits per heavy atom. The van der Waals surface area contributed by atoms with Crippen molar-refractivity contribution < 1.29 is 14.3 Å². The van der Waals surface area contributed by atoms with Crippen molar-refractivity contribution in [1.82, 2.24) is 10.6 Å². The molecule has 0 aliphatic rings. The number of rotatable bonds is 8. The fraction of sp³-hybridized carbons (Fsp3) is 0.167. The van der Waals surface area contributed by atoms with Gasteiger partial charge < -0.3 is 15.4 Å². The van der Waals surface area contributed by atoms with E-state index < -0.39 is 0 Å². The van der Waals surface area contributed by atoms with Gasteiger partial charge >= 0.3 is 0 Å². The molecule has 6 heteroatoms. The Balaban J connectivity index is 1.63. The van der Waals surface area contributed by atoms with Gasteiger partial charge in [-0.3, -0.25) is 9.59 Å². The second-order valence-electron chi connectivity index (χ2n) is 6.76. The van der Waals surface area contributed by atoms with Gasteiger partial charge in [0, 0.05) is 10.4 Å². The van der Waals surface area contributed by atoms with Gasteiger partial charge in [-0.2, -0.15) is 0 Å². The second-order valence-corrected chi connectivity index (χ2v) is 7.74. The summed E-state index contributed by atoms with van der Waals surface area (Å²) in [4.78, 5) is 26.3. The number of nitrogens with one attached hydrogen (secondary N) is 2. The summed E-state index contributed by atoms with van der Waals surface area (Å²) in [7, 11) is 0. The molecule has 0 aliphatic heterocycles. The van der Waals surface area contributed by atoms with Crippen LogP contribution in [0.2, 0.25) is 0 Å². The number of aryl methyl sites for hydroxylation is 2. The third-order valence-electron chi connectivity index (χ3n) is 4.39. The number of ether oxygens (including phenoxy) is 1. The van der Waals surface area contributed by atoms with Crippen molar-refractivity contribution in [3.05, 3.63) is 93.3 Å². The molecule has 154 valence electrons. The maximum absolute atomic E-state index is 12.7. The Morgan fingerprint density at radius 1 is 1.00 bits per heavy atom. The first-order valence-electron chi connectivity index (χ1n) is 9.63. The minimum Gasteiger partial charge on any atom is -0.492 e. The molecule has 0 aliphatic carbocycles. The third-order valence-corrected chi connectivity index (χ3v) is 5.21. The van der Waals surface area contributed by atoms with Gasteiger partial charge in [-0.1, -0.05) is 42.0 Å². The lowest BCUT2D eigenvalue weighted by Crippen LogP contribution is -2.36. The number of hydrogen-bond donors (Lipinski definition) is 2. The van der Waals surface area contributed by atoms with E-state index in [2.05, 4.69) is 10.6 Å². The zero-order valence-electron chi connectivity index (χ0n) is 17.0. The molecule has 0 bridgehead atoms. The quantitative estimate of drug-likeness (QED) is 0.421. The van der Waals surface area contributed by atoms with Crippen LogP contribution in [0, 0.1) is 13.8 Å². The molecule has 1 heterocycles. The van der Waals surface area contributed by atoms with Crippen molar-refractivity contribution in [3.8, 4) is 5.75 Å². The van der Waals surface area contributed by atoms with Gasteiger partial charge in [0.15, 0.2) is 0 Å². The number of thiophene rings is 1. The van der Waals surface area contributed by atoms with E-state index in [9.17, 15) is 9.59 Å². The Kier molecular flexibility index (Phi) is 7.40. The number of carbonyl (C=O) groups is 2. The molecule has 2 amide bonds. The zero-order chi connectivity index (χ0) is 21.3. The summed E-state index contributed by atoms with van der Waals surface area (Å²) in [6.07, 6.45) is 1.68. The van der Waals surface area contributed by atoms with Crippen molar-refractivity contribution in [2.45, 2.75) is 13.8 Å². The van der Waals surface area contributed by atoms with Crippen LogP contribution in [0.1, 0.15) is 26.4 Å². The van der Waals surface area contributed by atoms with Crippen LogP contribution >= 0.6 is 11.3 Å². The van der Waals surface area contributed by atoms with Crippen molar-refractivity contribution in [3.63, 3.8) is 0 Å². The number of hydrogen-bond acceptors (Lipinski definition) is 4. The number of amides is 2. The molecule has 0 saturated carbocycles. The summed E-state index contributed by atoms with van der Waals surface area (Å²) >= 11 is 1.49. The lowest BCUT2D eigenvalue weighted by atomic mass is 10.1. The predicted molar refractivity (Wildman–Crippen MR) is 121 cm³/mol. The van der Waals surface area contributed by atoms with E-state index in [1.165, 1.54) is 11.3 Å². The van der Waals surface area contributed by atoms with Crippen LogP contribution in [0.15, 0.2) is 71.7 Å². The van der Waals surface area contributed by atoms with Gasteiger partial charge in [-0.05, 0) is 55.1 Å². The molecular weight excluding hydrogens is 396 g/mol. The van der Waals surface area contributed by atoms with E-state index in [1.807, 2.05) is 67.8 Å². The van der Waals surface area contributed by atoms with Crippen LogP contribution in [0.4, 0.5) is 0 Å². The topological polar surface area (TPSA) is 67.4 Å². The Morgan fingerprint density at radius 2 is 1.77 bits per heavy atom. The molecule has 3 rings (SSSR count).